The first-order chi connectivity index (χ1) is 8.70. The largest absolute Gasteiger partial charge is 0.465 e. The Morgan fingerprint density at radius 1 is 1.33 bits per heavy atom. The Balaban J connectivity index is 2.14. The molecule has 0 amide bonds. The van der Waals surface area contributed by atoms with E-state index in [2.05, 4.69) is 25.9 Å². The predicted molar refractivity (Wildman–Crippen MR) is 72.6 cm³/mol. The Hall–Kier alpha value is -1.49. The smallest absolute Gasteiger partial charge is 0.320 e. The maximum absolute atomic E-state index is 11.5. The lowest BCUT2D eigenvalue weighted by Gasteiger charge is -2.09. The highest BCUT2D eigenvalue weighted by Gasteiger charge is 2.16. The van der Waals surface area contributed by atoms with Crippen molar-refractivity contribution in [1.82, 2.24) is 9.97 Å². The summed E-state index contributed by atoms with van der Waals surface area (Å²) in [5, 5.41) is 0. The third kappa shape index (κ3) is 3.04. The molecule has 0 saturated carbocycles. The minimum atomic E-state index is -0.327. The molecule has 1 aromatic carbocycles. The van der Waals surface area contributed by atoms with Crippen LogP contribution in [0.4, 0.5) is 0 Å². The SMILES string of the molecule is CCOC(=O)C(Br)Cc1ccc2nccnc2c1. The molecule has 1 atom stereocenters. The van der Waals surface area contributed by atoms with Crippen molar-refractivity contribution in [1.29, 1.82) is 0 Å². The molecule has 0 fully saturated rings. The van der Waals surface area contributed by atoms with E-state index in [0.717, 1.165) is 16.6 Å². The second kappa shape index (κ2) is 5.91. The number of benzene rings is 1. The molecule has 0 saturated heterocycles. The Labute approximate surface area is 114 Å². The second-order valence-electron chi connectivity index (χ2n) is 3.80. The quantitative estimate of drug-likeness (QED) is 0.643. The van der Waals surface area contributed by atoms with E-state index in [1.54, 1.807) is 19.3 Å². The summed E-state index contributed by atoms with van der Waals surface area (Å²) in [7, 11) is 0. The molecule has 1 unspecified atom stereocenters. The summed E-state index contributed by atoms with van der Waals surface area (Å²) in [5.41, 5.74) is 2.71. The molecule has 0 aliphatic carbocycles. The maximum atomic E-state index is 11.5. The van der Waals surface area contributed by atoms with Gasteiger partial charge in [-0.2, -0.15) is 0 Å². The number of ether oxygens (including phenoxy) is 1. The standard InChI is InChI=1S/C13H13BrN2O2/c1-2-18-13(17)10(14)7-9-3-4-11-12(8-9)16-6-5-15-11/h3-6,8,10H,2,7H2,1H3. The van der Waals surface area contributed by atoms with Crippen LogP contribution in [0.15, 0.2) is 30.6 Å². The van der Waals surface area contributed by atoms with Gasteiger partial charge in [-0.25, -0.2) is 0 Å². The fourth-order valence-corrected chi connectivity index (χ4v) is 2.16. The molecule has 2 rings (SSSR count). The van der Waals surface area contributed by atoms with Crippen molar-refractivity contribution in [2.24, 2.45) is 0 Å². The lowest BCUT2D eigenvalue weighted by molar-refractivity contribution is -0.142. The number of hydrogen-bond donors (Lipinski definition) is 0. The number of esters is 1. The fourth-order valence-electron chi connectivity index (χ4n) is 1.66. The van der Waals surface area contributed by atoms with Crippen LogP contribution in [-0.4, -0.2) is 27.4 Å². The van der Waals surface area contributed by atoms with E-state index in [-0.39, 0.29) is 10.8 Å². The lowest BCUT2D eigenvalue weighted by atomic mass is 10.1. The summed E-state index contributed by atoms with van der Waals surface area (Å²) in [5.74, 6) is -0.239. The van der Waals surface area contributed by atoms with Gasteiger partial charge in [0.15, 0.2) is 0 Å². The van der Waals surface area contributed by atoms with E-state index in [1.807, 2.05) is 18.2 Å². The third-order valence-corrected chi connectivity index (χ3v) is 3.19. The summed E-state index contributed by atoms with van der Waals surface area (Å²) in [4.78, 5) is 19.6. The minimum absolute atomic E-state index is 0.239. The van der Waals surface area contributed by atoms with Gasteiger partial charge in [0.05, 0.1) is 17.6 Å². The molecule has 1 aromatic heterocycles. The van der Waals surface area contributed by atoms with Crippen LogP contribution in [0.2, 0.25) is 0 Å². The number of rotatable bonds is 4. The zero-order valence-electron chi connectivity index (χ0n) is 9.97. The molecule has 0 spiro atoms. The molecular weight excluding hydrogens is 296 g/mol. The summed E-state index contributed by atoms with van der Waals surface area (Å²) in [6.07, 6.45) is 3.89. The number of alkyl halides is 1. The molecule has 0 aliphatic heterocycles. The van der Waals surface area contributed by atoms with Crippen LogP contribution in [0, 0.1) is 0 Å². The van der Waals surface area contributed by atoms with Crippen LogP contribution in [0.5, 0.6) is 0 Å². The number of carbonyl (C=O) groups excluding carboxylic acids is 1. The predicted octanol–water partition coefficient (Wildman–Crippen LogP) is 2.50. The summed E-state index contributed by atoms with van der Waals surface area (Å²) < 4.78 is 4.95. The molecule has 5 heteroatoms. The molecule has 0 aliphatic rings. The first-order valence-electron chi connectivity index (χ1n) is 5.71. The van der Waals surface area contributed by atoms with Gasteiger partial charge in [0.2, 0.25) is 0 Å². The number of fused-ring (bicyclic) bond motifs is 1. The van der Waals surface area contributed by atoms with E-state index in [1.165, 1.54) is 0 Å². The average Bonchev–Trinajstić information content (AvgIpc) is 2.39. The maximum Gasteiger partial charge on any atom is 0.320 e. The Bertz CT molecular complexity index is 559. The van der Waals surface area contributed by atoms with E-state index < -0.39 is 0 Å². The van der Waals surface area contributed by atoms with Crippen molar-refractivity contribution in [2.75, 3.05) is 6.61 Å². The van der Waals surface area contributed by atoms with Gasteiger partial charge < -0.3 is 4.74 Å². The van der Waals surface area contributed by atoms with Gasteiger partial charge in [-0.15, -0.1) is 0 Å². The van der Waals surface area contributed by atoms with Crippen LogP contribution in [0.25, 0.3) is 11.0 Å². The van der Waals surface area contributed by atoms with Gasteiger partial charge in [0, 0.05) is 12.4 Å². The van der Waals surface area contributed by atoms with Gasteiger partial charge in [-0.3, -0.25) is 14.8 Å². The van der Waals surface area contributed by atoms with Gasteiger partial charge in [0.1, 0.15) is 4.83 Å². The second-order valence-corrected chi connectivity index (χ2v) is 4.91. The molecule has 0 radical (unpaired) electrons. The molecule has 2 aromatic rings. The van der Waals surface area contributed by atoms with Crippen LogP contribution < -0.4 is 0 Å². The van der Waals surface area contributed by atoms with Crippen LogP contribution in [0.3, 0.4) is 0 Å². The van der Waals surface area contributed by atoms with Crippen molar-refractivity contribution < 1.29 is 9.53 Å². The van der Waals surface area contributed by atoms with E-state index in [9.17, 15) is 4.79 Å². The number of halogens is 1. The molecular formula is C13H13BrN2O2. The molecule has 0 bridgehead atoms. The molecule has 0 N–H and O–H groups in total. The number of aromatic nitrogens is 2. The number of carbonyl (C=O) groups is 1. The molecule has 4 nitrogen and oxygen atoms in total. The van der Waals surface area contributed by atoms with Gasteiger partial charge in [-0.05, 0) is 31.0 Å². The monoisotopic (exact) mass is 308 g/mol. The van der Waals surface area contributed by atoms with Crippen LogP contribution in [-0.2, 0) is 16.0 Å². The van der Waals surface area contributed by atoms with E-state index >= 15 is 0 Å². The van der Waals surface area contributed by atoms with Gasteiger partial charge in [-0.1, -0.05) is 22.0 Å². The van der Waals surface area contributed by atoms with Crippen molar-refractivity contribution in [3.63, 3.8) is 0 Å². The van der Waals surface area contributed by atoms with Crippen molar-refractivity contribution in [3.8, 4) is 0 Å². The normalized spacial score (nSPS) is 12.3. The minimum Gasteiger partial charge on any atom is -0.465 e. The highest BCUT2D eigenvalue weighted by atomic mass is 79.9. The van der Waals surface area contributed by atoms with E-state index in [4.69, 9.17) is 4.74 Å². The summed E-state index contributed by atoms with van der Waals surface area (Å²) in [6, 6.07) is 5.79. The Morgan fingerprint density at radius 2 is 2.06 bits per heavy atom. The summed E-state index contributed by atoms with van der Waals surface area (Å²) in [6.45, 7) is 2.19. The van der Waals surface area contributed by atoms with Crippen molar-refractivity contribution in [3.05, 3.63) is 36.2 Å². The molecule has 1 heterocycles. The Kier molecular flexibility index (Phi) is 4.25. The fraction of sp³-hybridized carbons (Fsp3) is 0.308. The first-order valence-corrected chi connectivity index (χ1v) is 6.62. The highest BCUT2D eigenvalue weighted by Crippen LogP contribution is 2.16. The lowest BCUT2D eigenvalue weighted by Crippen LogP contribution is -2.19. The molecule has 94 valence electrons. The topological polar surface area (TPSA) is 52.1 Å². The van der Waals surface area contributed by atoms with E-state index in [0.29, 0.717) is 13.0 Å². The highest BCUT2D eigenvalue weighted by molar-refractivity contribution is 9.10. The zero-order valence-corrected chi connectivity index (χ0v) is 11.6. The van der Waals surface area contributed by atoms with Crippen LogP contribution >= 0.6 is 15.9 Å². The first kappa shape index (κ1) is 13.0. The number of hydrogen-bond acceptors (Lipinski definition) is 4. The van der Waals surface area contributed by atoms with Crippen molar-refractivity contribution in [2.45, 2.75) is 18.2 Å². The zero-order chi connectivity index (χ0) is 13.0. The van der Waals surface area contributed by atoms with Crippen LogP contribution in [0.1, 0.15) is 12.5 Å². The third-order valence-electron chi connectivity index (χ3n) is 2.49. The van der Waals surface area contributed by atoms with Gasteiger partial charge in [0.25, 0.3) is 0 Å². The average molecular weight is 309 g/mol. The Morgan fingerprint density at radius 3 is 2.78 bits per heavy atom. The number of nitrogens with zero attached hydrogens (tertiary/aromatic N) is 2. The van der Waals surface area contributed by atoms with Crippen molar-refractivity contribution >= 4 is 32.9 Å². The summed E-state index contributed by atoms with van der Waals surface area (Å²) >= 11 is 3.33. The van der Waals surface area contributed by atoms with Gasteiger partial charge >= 0.3 is 5.97 Å². The molecule has 18 heavy (non-hydrogen) atoms.